The lowest BCUT2D eigenvalue weighted by Crippen LogP contribution is -2.54. The molecule has 3 amide bonds. The molecule has 3 aliphatic heterocycles. The third-order valence-electron chi connectivity index (χ3n) is 7.05. The summed E-state index contributed by atoms with van der Waals surface area (Å²) in [5, 5.41) is 2.51. The number of carbonyl (C=O) groups is 3. The summed E-state index contributed by atoms with van der Waals surface area (Å²) in [7, 11) is 0. The summed E-state index contributed by atoms with van der Waals surface area (Å²) in [4.78, 5) is 43.2. The average Bonchev–Trinajstić information content (AvgIpc) is 3.18. The molecule has 3 heterocycles. The first-order chi connectivity index (χ1) is 16.1. The van der Waals surface area contributed by atoms with Gasteiger partial charge in [0.2, 0.25) is 5.91 Å². The summed E-state index contributed by atoms with van der Waals surface area (Å²) in [6.07, 6.45) is -0.657. The van der Waals surface area contributed by atoms with Gasteiger partial charge >= 0.3 is 18.0 Å². The first kappa shape index (κ1) is 24.5. The van der Waals surface area contributed by atoms with Crippen LogP contribution in [0.4, 0.5) is 18.9 Å². The van der Waals surface area contributed by atoms with Gasteiger partial charge in [-0.1, -0.05) is 0 Å². The molecule has 0 spiro atoms. The number of anilines is 1. The van der Waals surface area contributed by atoms with E-state index in [-0.39, 0.29) is 19.0 Å². The molecule has 4 rings (SSSR count). The van der Waals surface area contributed by atoms with Gasteiger partial charge in [-0.15, -0.1) is 0 Å². The van der Waals surface area contributed by atoms with Gasteiger partial charge in [-0.3, -0.25) is 14.4 Å². The minimum Gasteiger partial charge on any atom is -0.336 e. The van der Waals surface area contributed by atoms with Crippen LogP contribution in [-0.4, -0.2) is 78.4 Å². The van der Waals surface area contributed by atoms with Gasteiger partial charge in [-0.2, -0.15) is 13.2 Å². The zero-order chi connectivity index (χ0) is 24.5. The molecule has 3 aliphatic rings. The first-order valence-electron chi connectivity index (χ1n) is 11.7. The van der Waals surface area contributed by atoms with E-state index in [9.17, 15) is 27.6 Å². The van der Waals surface area contributed by atoms with Gasteiger partial charge in [-0.25, -0.2) is 0 Å². The highest BCUT2D eigenvalue weighted by atomic mass is 19.4. The van der Waals surface area contributed by atoms with Crippen LogP contribution in [0.3, 0.4) is 0 Å². The minimum atomic E-state index is -4.46. The van der Waals surface area contributed by atoms with Gasteiger partial charge in [0.15, 0.2) is 0 Å². The van der Waals surface area contributed by atoms with Crippen molar-refractivity contribution >= 4 is 23.4 Å². The normalized spacial score (nSPS) is 23.4. The number of benzene rings is 1. The minimum absolute atomic E-state index is 0.244. The molecule has 11 heteroatoms. The Morgan fingerprint density at radius 2 is 1.53 bits per heavy atom. The van der Waals surface area contributed by atoms with Crippen LogP contribution in [0.1, 0.15) is 37.7 Å². The SMILES string of the molecule is NC1CCN(C2CCN(C(=O)C(=O)NC3CCN(c4ccc(C(F)(F)F)cc4)C3=O)CC2)CC1. The Bertz CT molecular complexity index is 907. The number of halogens is 3. The third-order valence-corrected chi connectivity index (χ3v) is 7.05. The Hall–Kier alpha value is -2.66. The molecule has 3 saturated heterocycles. The highest BCUT2D eigenvalue weighted by molar-refractivity contribution is 6.35. The fourth-order valence-corrected chi connectivity index (χ4v) is 4.98. The number of likely N-dealkylation sites (tertiary alicyclic amines) is 2. The quantitative estimate of drug-likeness (QED) is 0.635. The van der Waals surface area contributed by atoms with E-state index in [1.807, 2.05) is 0 Å². The molecule has 186 valence electrons. The molecule has 0 saturated carbocycles. The molecule has 0 aromatic heterocycles. The van der Waals surface area contributed by atoms with Crippen molar-refractivity contribution in [1.29, 1.82) is 0 Å². The number of rotatable bonds is 3. The van der Waals surface area contributed by atoms with Gasteiger partial charge in [0, 0.05) is 37.4 Å². The van der Waals surface area contributed by atoms with Crippen LogP contribution in [0.15, 0.2) is 24.3 Å². The average molecular weight is 482 g/mol. The van der Waals surface area contributed by atoms with Crippen molar-refractivity contribution in [2.24, 2.45) is 5.73 Å². The molecule has 0 radical (unpaired) electrons. The van der Waals surface area contributed by atoms with Crippen molar-refractivity contribution in [3.8, 4) is 0 Å². The molecule has 3 fully saturated rings. The van der Waals surface area contributed by atoms with Gasteiger partial charge in [0.1, 0.15) is 6.04 Å². The Labute approximate surface area is 196 Å². The van der Waals surface area contributed by atoms with E-state index in [0.29, 0.717) is 24.8 Å². The molecule has 3 N–H and O–H groups in total. The molecule has 1 atom stereocenters. The summed E-state index contributed by atoms with van der Waals surface area (Å²) in [6.45, 7) is 3.12. The van der Waals surface area contributed by atoms with Crippen LogP contribution in [0.2, 0.25) is 0 Å². The number of nitrogens with one attached hydrogen (secondary N) is 1. The fourth-order valence-electron chi connectivity index (χ4n) is 4.98. The van der Waals surface area contributed by atoms with E-state index >= 15 is 0 Å². The second kappa shape index (κ2) is 9.91. The van der Waals surface area contributed by atoms with Crippen molar-refractivity contribution < 1.29 is 27.6 Å². The molecule has 0 aliphatic carbocycles. The van der Waals surface area contributed by atoms with Gasteiger partial charge in [0.05, 0.1) is 5.56 Å². The summed E-state index contributed by atoms with van der Waals surface area (Å²) < 4.78 is 38.3. The number of hydrogen-bond donors (Lipinski definition) is 2. The Balaban J connectivity index is 1.27. The molecular formula is C23H30F3N5O3. The smallest absolute Gasteiger partial charge is 0.336 e. The first-order valence-corrected chi connectivity index (χ1v) is 11.7. The molecule has 1 unspecified atom stereocenters. The standard InChI is InChI=1S/C23H30F3N5O3/c24-23(25,26)15-1-3-18(4-2-15)31-14-9-19(21(31)33)28-20(32)22(34)30-12-7-17(8-13-30)29-10-5-16(27)6-11-29/h1-4,16-17,19H,5-14,27H2,(H,28,32). The number of piperidine rings is 2. The van der Waals surface area contributed by atoms with Gasteiger partial charge < -0.3 is 25.8 Å². The predicted octanol–water partition coefficient (Wildman–Crippen LogP) is 1.34. The van der Waals surface area contributed by atoms with Gasteiger partial charge in [0.25, 0.3) is 0 Å². The van der Waals surface area contributed by atoms with Gasteiger partial charge in [-0.05, 0) is 69.5 Å². The second-order valence-corrected chi connectivity index (χ2v) is 9.25. The lowest BCUT2D eigenvalue weighted by molar-refractivity contribution is -0.147. The molecular weight excluding hydrogens is 451 g/mol. The number of alkyl halides is 3. The number of nitrogens with two attached hydrogens (primary N) is 1. The van der Waals surface area contributed by atoms with Crippen LogP contribution in [-0.2, 0) is 20.6 Å². The van der Waals surface area contributed by atoms with Crippen molar-refractivity contribution in [1.82, 2.24) is 15.1 Å². The summed E-state index contributed by atoms with van der Waals surface area (Å²) in [6, 6.07) is 4.06. The highest BCUT2D eigenvalue weighted by Crippen LogP contribution is 2.31. The monoisotopic (exact) mass is 481 g/mol. The summed E-state index contributed by atoms with van der Waals surface area (Å²) in [5.74, 6) is -1.92. The Kier molecular flexibility index (Phi) is 7.13. The predicted molar refractivity (Wildman–Crippen MR) is 119 cm³/mol. The van der Waals surface area contributed by atoms with E-state index in [2.05, 4.69) is 10.2 Å². The number of amides is 3. The second-order valence-electron chi connectivity index (χ2n) is 9.25. The van der Waals surface area contributed by atoms with Crippen LogP contribution in [0, 0.1) is 0 Å². The van der Waals surface area contributed by atoms with Crippen molar-refractivity contribution in [3.05, 3.63) is 29.8 Å². The maximum absolute atomic E-state index is 12.8. The molecule has 8 nitrogen and oxygen atoms in total. The number of nitrogens with zero attached hydrogens (tertiary/aromatic N) is 3. The zero-order valence-corrected chi connectivity index (χ0v) is 18.9. The van der Waals surface area contributed by atoms with E-state index < -0.39 is 35.5 Å². The van der Waals surface area contributed by atoms with Crippen LogP contribution < -0.4 is 16.0 Å². The molecule has 1 aromatic carbocycles. The van der Waals surface area contributed by atoms with Crippen LogP contribution in [0.5, 0.6) is 0 Å². The lowest BCUT2D eigenvalue weighted by Gasteiger charge is -2.41. The summed E-state index contributed by atoms with van der Waals surface area (Å²) >= 11 is 0. The summed E-state index contributed by atoms with van der Waals surface area (Å²) in [5.41, 5.74) is 5.49. The Morgan fingerprint density at radius 3 is 2.12 bits per heavy atom. The third kappa shape index (κ3) is 5.35. The maximum atomic E-state index is 12.8. The number of carbonyl (C=O) groups excluding carboxylic acids is 3. The van der Waals surface area contributed by atoms with Crippen molar-refractivity contribution in [2.45, 2.75) is 56.4 Å². The van der Waals surface area contributed by atoms with Crippen molar-refractivity contribution in [2.75, 3.05) is 37.6 Å². The van der Waals surface area contributed by atoms with Crippen LogP contribution >= 0.6 is 0 Å². The lowest BCUT2D eigenvalue weighted by atomic mass is 9.98. The van der Waals surface area contributed by atoms with E-state index in [0.717, 1.165) is 50.9 Å². The molecule has 0 bridgehead atoms. The number of hydrogen-bond acceptors (Lipinski definition) is 5. The maximum Gasteiger partial charge on any atom is 0.416 e. The molecule has 34 heavy (non-hydrogen) atoms. The zero-order valence-electron chi connectivity index (χ0n) is 18.9. The topological polar surface area (TPSA) is 99.0 Å². The highest BCUT2D eigenvalue weighted by Gasteiger charge is 2.37. The largest absolute Gasteiger partial charge is 0.416 e. The fraction of sp³-hybridized carbons (Fsp3) is 0.609. The Morgan fingerprint density at radius 1 is 0.912 bits per heavy atom. The van der Waals surface area contributed by atoms with E-state index in [4.69, 9.17) is 5.73 Å². The van der Waals surface area contributed by atoms with Crippen LogP contribution in [0.25, 0.3) is 0 Å². The van der Waals surface area contributed by atoms with E-state index in [1.165, 1.54) is 21.9 Å². The van der Waals surface area contributed by atoms with E-state index in [1.54, 1.807) is 0 Å². The van der Waals surface area contributed by atoms with Crippen molar-refractivity contribution in [3.63, 3.8) is 0 Å². The molecule has 1 aromatic rings.